The number of aryl methyl sites for hydroxylation is 1. The molecule has 1 fully saturated rings. The molecule has 0 aromatic heterocycles. The molecule has 1 amide bonds. The van der Waals surface area contributed by atoms with E-state index in [1.807, 2.05) is 17.0 Å². The number of piperazine rings is 1. The zero-order chi connectivity index (χ0) is 14.5. The largest absolute Gasteiger partial charge is 0.384 e. The van der Waals surface area contributed by atoms with Gasteiger partial charge in [0.15, 0.2) is 0 Å². The Labute approximate surface area is 129 Å². The maximum atomic E-state index is 12.1. The Morgan fingerprint density at radius 2 is 2.00 bits per heavy atom. The van der Waals surface area contributed by atoms with E-state index in [9.17, 15) is 4.79 Å². The van der Waals surface area contributed by atoms with Crippen LogP contribution in [0, 0.1) is 6.92 Å². The third kappa shape index (κ3) is 4.21. The second-order valence-electron chi connectivity index (χ2n) is 5.32. The van der Waals surface area contributed by atoms with Crippen LogP contribution in [0.4, 0.5) is 5.69 Å². The number of carbonyl (C=O) groups excluding carboxylic acids is 1. The van der Waals surface area contributed by atoms with Crippen molar-refractivity contribution in [3.8, 4) is 0 Å². The molecule has 0 atom stereocenters. The molecule has 0 saturated carbocycles. The first-order valence-electron chi connectivity index (χ1n) is 7.02. The summed E-state index contributed by atoms with van der Waals surface area (Å²) in [6, 6.07) is 6.13. The van der Waals surface area contributed by atoms with Crippen LogP contribution in [0.15, 0.2) is 22.7 Å². The third-order valence-electron chi connectivity index (χ3n) is 3.70. The summed E-state index contributed by atoms with van der Waals surface area (Å²) in [4.78, 5) is 16.3. The van der Waals surface area contributed by atoms with Crippen molar-refractivity contribution in [2.75, 3.05) is 45.1 Å². The standard InChI is InChI=1S/C15H22BrN3O/c1-12-11-13(16)3-4-14(12)17-6-5-15(20)19-9-7-18(2)8-10-19/h3-4,11,17H,5-10H2,1-2H3. The number of likely N-dealkylation sites (N-methyl/N-ethyl adjacent to an activating group) is 1. The molecule has 20 heavy (non-hydrogen) atoms. The zero-order valence-electron chi connectivity index (χ0n) is 12.2. The maximum Gasteiger partial charge on any atom is 0.224 e. The summed E-state index contributed by atoms with van der Waals surface area (Å²) in [6.07, 6.45) is 0.555. The molecule has 1 aromatic rings. The molecule has 2 rings (SSSR count). The van der Waals surface area contributed by atoms with E-state index in [1.165, 1.54) is 5.56 Å². The van der Waals surface area contributed by atoms with E-state index in [0.29, 0.717) is 13.0 Å². The van der Waals surface area contributed by atoms with Crippen molar-refractivity contribution in [3.05, 3.63) is 28.2 Å². The number of carbonyl (C=O) groups is 1. The SMILES string of the molecule is Cc1cc(Br)ccc1NCCC(=O)N1CCN(C)CC1. The van der Waals surface area contributed by atoms with Crippen LogP contribution >= 0.6 is 15.9 Å². The fraction of sp³-hybridized carbons (Fsp3) is 0.533. The van der Waals surface area contributed by atoms with Gasteiger partial charge in [0.1, 0.15) is 0 Å². The van der Waals surface area contributed by atoms with Crippen LogP contribution < -0.4 is 5.32 Å². The highest BCUT2D eigenvalue weighted by molar-refractivity contribution is 9.10. The fourth-order valence-electron chi connectivity index (χ4n) is 2.34. The molecule has 1 heterocycles. The zero-order valence-corrected chi connectivity index (χ0v) is 13.7. The van der Waals surface area contributed by atoms with Crippen LogP contribution in [0.3, 0.4) is 0 Å². The predicted molar refractivity (Wildman–Crippen MR) is 86.1 cm³/mol. The highest BCUT2D eigenvalue weighted by Crippen LogP contribution is 2.19. The van der Waals surface area contributed by atoms with Gasteiger partial charge in [-0.05, 0) is 37.7 Å². The lowest BCUT2D eigenvalue weighted by Crippen LogP contribution is -2.47. The van der Waals surface area contributed by atoms with Crippen molar-refractivity contribution in [3.63, 3.8) is 0 Å². The van der Waals surface area contributed by atoms with Gasteiger partial charge in [0.2, 0.25) is 5.91 Å². The van der Waals surface area contributed by atoms with E-state index in [-0.39, 0.29) is 5.91 Å². The second-order valence-corrected chi connectivity index (χ2v) is 6.24. The molecule has 1 N–H and O–H groups in total. The Morgan fingerprint density at radius 3 is 2.65 bits per heavy atom. The van der Waals surface area contributed by atoms with Gasteiger partial charge < -0.3 is 15.1 Å². The lowest BCUT2D eigenvalue weighted by molar-refractivity contribution is -0.132. The van der Waals surface area contributed by atoms with Gasteiger partial charge in [-0.25, -0.2) is 0 Å². The summed E-state index contributed by atoms with van der Waals surface area (Å²) in [6.45, 7) is 6.41. The Bertz CT molecular complexity index is 470. The Morgan fingerprint density at radius 1 is 1.30 bits per heavy atom. The first-order chi connectivity index (χ1) is 9.56. The van der Waals surface area contributed by atoms with Crippen LogP contribution in [0.5, 0.6) is 0 Å². The third-order valence-corrected chi connectivity index (χ3v) is 4.19. The summed E-state index contributed by atoms with van der Waals surface area (Å²) in [5.74, 6) is 0.250. The van der Waals surface area contributed by atoms with Crippen LogP contribution in [0.1, 0.15) is 12.0 Å². The van der Waals surface area contributed by atoms with Gasteiger partial charge in [-0.1, -0.05) is 15.9 Å². The average molecular weight is 340 g/mol. The summed E-state index contributed by atoms with van der Waals surface area (Å²) < 4.78 is 1.08. The van der Waals surface area contributed by atoms with Crippen LogP contribution in [-0.2, 0) is 4.79 Å². The number of anilines is 1. The Hall–Kier alpha value is -1.07. The molecule has 0 bridgehead atoms. The van der Waals surface area contributed by atoms with E-state index in [2.05, 4.69) is 46.2 Å². The highest BCUT2D eigenvalue weighted by atomic mass is 79.9. The van der Waals surface area contributed by atoms with Gasteiger partial charge in [-0.2, -0.15) is 0 Å². The van der Waals surface area contributed by atoms with Crippen molar-refractivity contribution >= 4 is 27.5 Å². The van der Waals surface area contributed by atoms with Gasteiger partial charge in [0.25, 0.3) is 0 Å². The molecule has 5 heteroatoms. The molecule has 0 spiro atoms. The molecule has 4 nitrogen and oxygen atoms in total. The summed E-state index contributed by atoms with van der Waals surface area (Å²) in [7, 11) is 2.10. The number of benzene rings is 1. The van der Waals surface area contributed by atoms with E-state index >= 15 is 0 Å². The topological polar surface area (TPSA) is 35.6 Å². The lowest BCUT2D eigenvalue weighted by atomic mass is 10.2. The van der Waals surface area contributed by atoms with E-state index in [4.69, 9.17) is 0 Å². The molecule has 1 aliphatic heterocycles. The van der Waals surface area contributed by atoms with Crippen molar-refractivity contribution < 1.29 is 4.79 Å². The van der Waals surface area contributed by atoms with Crippen molar-refractivity contribution in [1.29, 1.82) is 0 Å². The lowest BCUT2D eigenvalue weighted by Gasteiger charge is -2.32. The minimum absolute atomic E-state index is 0.250. The molecule has 0 unspecified atom stereocenters. The molecule has 1 aromatic carbocycles. The maximum absolute atomic E-state index is 12.1. The van der Waals surface area contributed by atoms with E-state index < -0.39 is 0 Å². The minimum Gasteiger partial charge on any atom is -0.384 e. The Balaban J connectivity index is 1.76. The normalized spacial score (nSPS) is 16.2. The molecule has 110 valence electrons. The van der Waals surface area contributed by atoms with Crippen LogP contribution in [0.2, 0.25) is 0 Å². The predicted octanol–water partition coefficient (Wildman–Crippen LogP) is 2.33. The van der Waals surface area contributed by atoms with Gasteiger partial charge in [0.05, 0.1) is 0 Å². The quantitative estimate of drug-likeness (QED) is 0.914. The number of rotatable bonds is 4. The molecular weight excluding hydrogens is 318 g/mol. The average Bonchev–Trinajstić information content (AvgIpc) is 2.42. The molecule has 0 aliphatic carbocycles. The summed E-state index contributed by atoms with van der Waals surface area (Å²) in [5.41, 5.74) is 2.28. The number of halogens is 1. The Kier molecular flexibility index (Phi) is 5.43. The smallest absolute Gasteiger partial charge is 0.224 e. The molecule has 0 radical (unpaired) electrons. The van der Waals surface area contributed by atoms with Gasteiger partial charge in [-0.3, -0.25) is 4.79 Å². The number of nitrogens with one attached hydrogen (secondary N) is 1. The highest BCUT2D eigenvalue weighted by Gasteiger charge is 2.18. The molecule has 1 aliphatic rings. The van der Waals surface area contributed by atoms with Gasteiger partial charge in [-0.15, -0.1) is 0 Å². The molecule has 1 saturated heterocycles. The minimum atomic E-state index is 0.250. The molecular formula is C15H22BrN3O. The first-order valence-corrected chi connectivity index (χ1v) is 7.82. The second kappa shape index (κ2) is 7.09. The van der Waals surface area contributed by atoms with Gasteiger partial charge >= 0.3 is 0 Å². The summed E-state index contributed by atoms with van der Waals surface area (Å²) in [5, 5.41) is 3.34. The first kappa shape index (κ1) is 15.3. The number of nitrogens with zero attached hydrogens (tertiary/aromatic N) is 2. The summed E-state index contributed by atoms with van der Waals surface area (Å²) >= 11 is 3.45. The van der Waals surface area contributed by atoms with Crippen molar-refractivity contribution in [2.24, 2.45) is 0 Å². The van der Waals surface area contributed by atoms with E-state index in [0.717, 1.165) is 36.3 Å². The van der Waals surface area contributed by atoms with Crippen LogP contribution in [0.25, 0.3) is 0 Å². The number of amides is 1. The van der Waals surface area contributed by atoms with Crippen LogP contribution in [-0.4, -0.2) is 55.5 Å². The number of hydrogen-bond acceptors (Lipinski definition) is 3. The monoisotopic (exact) mass is 339 g/mol. The van der Waals surface area contributed by atoms with Crippen molar-refractivity contribution in [1.82, 2.24) is 9.80 Å². The van der Waals surface area contributed by atoms with E-state index in [1.54, 1.807) is 0 Å². The number of hydrogen-bond donors (Lipinski definition) is 1. The fourth-order valence-corrected chi connectivity index (χ4v) is 2.82. The van der Waals surface area contributed by atoms with Crippen molar-refractivity contribution in [2.45, 2.75) is 13.3 Å². The van der Waals surface area contributed by atoms with Gasteiger partial charge in [0, 0.05) is 49.3 Å².